The molecule has 4 aliphatic rings. The van der Waals surface area contributed by atoms with Crippen molar-refractivity contribution in [2.45, 2.75) is 64.2 Å². The van der Waals surface area contributed by atoms with Crippen LogP contribution in [0.3, 0.4) is 0 Å². The van der Waals surface area contributed by atoms with E-state index in [1.165, 1.54) is 76.8 Å². The van der Waals surface area contributed by atoms with Gasteiger partial charge in [0.05, 0.1) is 71.8 Å². The Morgan fingerprint density at radius 3 is 1.00 bits per heavy atom. The van der Waals surface area contributed by atoms with Crippen molar-refractivity contribution in [3.8, 4) is 0 Å². The molecule has 0 aliphatic carbocycles. The molecule has 8 amide bonds. The lowest BCUT2D eigenvalue weighted by atomic mass is 10.2. The van der Waals surface area contributed by atoms with Gasteiger partial charge in [-0.15, -0.1) is 0 Å². The number of hydrogen-bond donors (Lipinski definition) is 5. The molecule has 25 nitrogen and oxygen atoms in total. The van der Waals surface area contributed by atoms with Gasteiger partial charge in [0.25, 0.3) is 35.4 Å². The number of nitrogens with zero attached hydrogens (tertiary/aromatic N) is 4. The Bertz CT molecular complexity index is 1710. The maximum Gasteiger partial charge on any atom is 0.328 e. The molecule has 4 rings (SSSR count). The SMILES string of the molecule is O=C(O)/C=C\C(=O)O.O=C([O-])/C=C\C(=O)O.O=C1C=CC(=O)N1CCCCCCN1C(=O)C=CC1=O.O=C1C=CC(=O)N1CCOCCOCCOCCN1C(=O)CCC1=O.[NH3+]CCCCCC[NH3+]. The highest BCUT2D eigenvalue weighted by Crippen LogP contribution is 2.12. The van der Waals surface area contributed by atoms with Crippen LogP contribution in [0, 0.1) is 0 Å². The Morgan fingerprint density at radius 2 is 0.710 bits per heavy atom. The van der Waals surface area contributed by atoms with E-state index in [4.69, 9.17) is 29.5 Å². The quantitative estimate of drug-likeness (QED) is 0.0290. The second-order valence-corrected chi connectivity index (χ2v) is 14.3. The van der Waals surface area contributed by atoms with Crippen LogP contribution in [-0.4, -0.2) is 185 Å². The molecule has 0 saturated carbocycles. The van der Waals surface area contributed by atoms with Crippen LogP contribution in [0.2, 0.25) is 0 Å². The summed E-state index contributed by atoms with van der Waals surface area (Å²) in [7, 11) is 0. The maximum atomic E-state index is 11.4. The molecule has 4 heterocycles. The zero-order chi connectivity index (χ0) is 52.0. The molecule has 0 aromatic rings. The smallest absolute Gasteiger partial charge is 0.328 e. The van der Waals surface area contributed by atoms with Crippen LogP contribution in [0.4, 0.5) is 0 Å². The van der Waals surface area contributed by atoms with Gasteiger partial charge in [-0.25, -0.2) is 14.4 Å². The van der Waals surface area contributed by atoms with E-state index in [0.29, 0.717) is 83.3 Å². The minimum Gasteiger partial charge on any atom is -0.545 e. The number of unbranched alkanes of at least 4 members (excludes halogenated alkanes) is 6. The Kier molecular flexibility index (Phi) is 34.1. The summed E-state index contributed by atoms with van der Waals surface area (Å²) in [6, 6.07) is 0. The number of ether oxygens (including phenoxy) is 3. The molecule has 382 valence electrons. The number of carbonyl (C=O) groups is 12. The van der Waals surface area contributed by atoms with Gasteiger partial charge >= 0.3 is 17.9 Å². The topological polar surface area (TPSA) is 385 Å². The summed E-state index contributed by atoms with van der Waals surface area (Å²) < 4.78 is 15.9. The van der Waals surface area contributed by atoms with Gasteiger partial charge in [0, 0.05) is 80.6 Å². The maximum absolute atomic E-state index is 11.4. The minimum atomic E-state index is -1.51. The summed E-state index contributed by atoms with van der Waals surface area (Å²) in [5.41, 5.74) is 7.54. The number of aliphatic carboxylic acids is 4. The number of carbonyl (C=O) groups excluding carboxylic acids is 9. The van der Waals surface area contributed by atoms with Gasteiger partial charge in [0.15, 0.2) is 0 Å². The standard InChI is InChI=1S/C16H22N2O7.C14H16N2O4.C6H16N2.2C4H4O4/c19-13-1-2-14(20)17(13)5-7-23-9-11-25-12-10-24-8-6-18-15(21)3-4-16(18)22;17-11-5-6-12(18)15(11)9-3-1-2-4-10-16-13(19)7-8-14(16)20;7-5-3-1-2-4-6-8;2*5-3(6)1-2-4(7)8/h1-2H,3-12H2;5-8H,1-4,9-10H2;1-8H2;2*1-2H,(H,5,6)(H,7,8)/p+1/b;;;2*2-1-. The molecule has 0 bridgehead atoms. The molecule has 0 spiro atoms. The third kappa shape index (κ3) is 30.8. The molecule has 0 aromatic heterocycles. The number of hydrogen-bond acceptors (Lipinski definition) is 16. The third-order valence-corrected chi connectivity index (χ3v) is 9.01. The predicted octanol–water partition coefficient (Wildman–Crippen LogP) is -3.37. The zero-order valence-electron chi connectivity index (χ0n) is 38.4. The number of rotatable bonds is 28. The largest absolute Gasteiger partial charge is 0.545 e. The monoisotopic (exact) mass is 979 g/mol. The summed E-state index contributed by atoms with van der Waals surface area (Å²) >= 11 is 0. The van der Waals surface area contributed by atoms with Gasteiger partial charge in [-0.1, -0.05) is 12.8 Å². The van der Waals surface area contributed by atoms with E-state index >= 15 is 0 Å². The lowest BCUT2D eigenvalue weighted by Crippen LogP contribution is -2.50. The van der Waals surface area contributed by atoms with Crippen molar-refractivity contribution in [2.75, 3.05) is 78.9 Å². The van der Waals surface area contributed by atoms with Crippen LogP contribution in [0.5, 0.6) is 0 Å². The average Bonchev–Trinajstić information content (AvgIpc) is 4.02. The molecule has 1 saturated heterocycles. The van der Waals surface area contributed by atoms with Gasteiger partial charge in [0.1, 0.15) is 0 Å². The molecule has 0 aromatic carbocycles. The fraction of sp³-hybridized carbons (Fsp3) is 0.500. The molecule has 0 unspecified atom stereocenters. The minimum absolute atomic E-state index is 0.143. The number of quaternary nitrogens is 2. The molecule has 25 heteroatoms. The van der Waals surface area contributed by atoms with Crippen LogP contribution in [0.15, 0.2) is 60.8 Å². The van der Waals surface area contributed by atoms with Gasteiger partial charge in [-0.05, 0) is 44.6 Å². The molecule has 0 atom stereocenters. The number of imide groups is 4. The Labute approximate surface area is 397 Å². The number of carboxylic acid groups (broad SMARTS) is 4. The highest BCUT2D eigenvalue weighted by Gasteiger charge is 2.28. The van der Waals surface area contributed by atoms with E-state index in [2.05, 4.69) is 11.5 Å². The highest BCUT2D eigenvalue weighted by molar-refractivity contribution is 6.14. The van der Waals surface area contributed by atoms with Crippen LogP contribution < -0.4 is 16.6 Å². The van der Waals surface area contributed by atoms with Crippen molar-refractivity contribution < 1.29 is 104 Å². The summed E-state index contributed by atoms with van der Waals surface area (Å²) in [6.07, 6.45) is 18.7. The van der Waals surface area contributed by atoms with Crippen molar-refractivity contribution >= 4 is 71.1 Å². The second-order valence-electron chi connectivity index (χ2n) is 14.3. The summed E-state index contributed by atoms with van der Waals surface area (Å²) in [5.74, 6) is -7.27. The van der Waals surface area contributed by atoms with Crippen molar-refractivity contribution in [2.24, 2.45) is 0 Å². The summed E-state index contributed by atoms with van der Waals surface area (Å²) in [5, 5.41) is 32.9. The zero-order valence-corrected chi connectivity index (χ0v) is 38.4. The van der Waals surface area contributed by atoms with Crippen molar-refractivity contribution in [3.05, 3.63) is 60.8 Å². The third-order valence-electron chi connectivity index (χ3n) is 9.01. The Morgan fingerprint density at radius 1 is 0.435 bits per heavy atom. The average molecular weight is 980 g/mol. The van der Waals surface area contributed by atoms with Crippen LogP contribution in [-0.2, 0) is 71.7 Å². The second kappa shape index (κ2) is 38.0. The van der Waals surface area contributed by atoms with Crippen LogP contribution in [0.1, 0.15) is 64.2 Å². The Balaban J connectivity index is 0.000000927. The number of amides is 8. The van der Waals surface area contributed by atoms with Crippen molar-refractivity contribution in [1.82, 2.24) is 19.6 Å². The summed E-state index contributed by atoms with van der Waals surface area (Å²) in [4.78, 5) is 133. The first-order valence-electron chi connectivity index (χ1n) is 21.9. The molecular weight excluding hydrogens is 917 g/mol. The van der Waals surface area contributed by atoms with E-state index in [9.17, 15) is 62.6 Å². The van der Waals surface area contributed by atoms with E-state index in [-0.39, 0.29) is 67.0 Å². The van der Waals surface area contributed by atoms with Gasteiger partial charge in [0.2, 0.25) is 11.8 Å². The van der Waals surface area contributed by atoms with Crippen LogP contribution in [0.25, 0.3) is 0 Å². The van der Waals surface area contributed by atoms with Gasteiger partial charge in [-0.2, -0.15) is 0 Å². The first-order chi connectivity index (χ1) is 32.9. The van der Waals surface area contributed by atoms with E-state index in [1.807, 2.05) is 0 Å². The van der Waals surface area contributed by atoms with E-state index < -0.39 is 23.9 Å². The highest BCUT2D eigenvalue weighted by atomic mass is 16.5. The van der Waals surface area contributed by atoms with E-state index in [0.717, 1.165) is 43.7 Å². The van der Waals surface area contributed by atoms with Crippen LogP contribution >= 0.6 is 0 Å². The normalized spacial score (nSPS) is 14.9. The molecular formula is C44H63N6O19+. The van der Waals surface area contributed by atoms with Gasteiger partial charge in [-0.3, -0.25) is 58.0 Å². The summed E-state index contributed by atoms with van der Waals surface area (Å²) in [6.45, 7) is 5.55. The molecule has 0 radical (unpaired) electrons. The lowest BCUT2D eigenvalue weighted by molar-refractivity contribution is -0.371. The molecule has 4 aliphatic heterocycles. The fourth-order valence-electron chi connectivity index (χ4n) is 5.56. The predicted molar refractivity (Wildman–Crippen MR) is 235 cm³/mol. The number of likely N-dealkylation sites (tertiary alicyclic amines) is 1. The van der Waals surface area contributed by atoms with Gasteiger partial charge < -0.3 is 50.9 Å². The molecule has 69 heavy (non-hydrogen) atoms. The van der Waals surface area contributed by atoms with Crippen molar-refractivity contribution in [1.29, 1.82) is 0 Å². The van der Waals surface area contributed by atoms with Crippen molar-refractivity contribution in [3.63, 3.8) is 0 Å². The fourth-order valence-corrected chi connectivity index (χ4v) is 5.56. The first-order valence-corrected chi connectivity index (χ1v) is 21.9. The molecule has 9 N–H and O–H groups in total. The first kappa shape index (κ1) is 61.9. The van der Waals surface area contributed by atoms with E-state index in [1.54, 1.807) is 0 Å². The number of carboxylic acids is 4. The lowest BCUT2D eigenvalue weighted by Gasteiger charge is -2.14. The molecule has 1 fully saturated rings. The Hall–Kier alpha value is -7.06.